The molecule has 0 spiro atoms. The smallest absolute Gasteiger partial charge is 0.408 e. The zero-order valence-electron chi connectivity index (χ0n) is 28.2. The van der Waals surface area contributed by atoms with E-state index in [-0.39, 0.29) is 18.4 Å². The number of carbonyl (C=O) groups is 2. The lowest BCUT2D eigenvalue weighted by molar-refractivity contribution is -0.140. The molecule has 248 valence electrons. The van der Waals surface area contributed by atoms with Gasteiger partial charge < -0.3 is 19.5 Å². The molecule has 0 aliphatic rings. The molecular weight excluding hydrogens is 574 g/mol. The third kappa shape index (κ3) is 12.5. The Morgan fingerprint density at radius 1 is 0.717 bits per heavy atom. The molecule has 1 N–H and O–H groups in total. The summed E-state index contributed by atoms with van der Waals surface area (Å²) in [6.07, 6.45) is 13.2. The molecule has 0 fully saturated rings. The fourth-order valence-electron chi connectivity index (χ4n) is 5.55. The Labute approximate surface area is 276 Å². The molecule has 1 unspecified atom stereocenters. The summed E-state index contributed by atoms with van der Waals surface area (Å²) in [6.45, 7) is 6.16. The summed E-state index contributed by atoms with van der Waals surface area (Å²) in [4.78, 5) is 23.9. The van der Waals surface area contributed by atoms with Gasteiger partial charge in [-0.25, -0.2) is 4.79 Å². The van der Waals surface area contributed by atoms with Crippen LogP contribution in [0.1, 0.15) is 102 Å². The summed E-state index contributed by atoms with van der Waals surface area (Å²) in [6, 6.07) is 31.3. The Morgan fingerprint density at radius 2 is 1.20 bits per heavy atom. The molecule has 0 radical (unpaired) electrons. The lowest BCUT2D eigenvalue weighted by Crippen LogP contribution is -2.38. The minimum atomic E-state index is -0.655. The summed E-state index contributed by atoms with van der Waals surface area (Å²) >= 11 is 0. The summed E-state index contributed by atoms with van der Waals surface area (Å²) in [7, 11) is 1.37. The maximum atomic E-state index is 12.2. The molecule has 0 saturated carbocycles. The number of benzene rings is 3. The second-order valence-electron chi connectivity index (χ2n) is 12.7. The Morgan fingerprint density at radius 3 is 1.67 bits per heavy atom. The van der Waals surface area contributed by atoms with Gasteiger partial charge in [0, 0.05) is 13.0 Å². The number of ether oxygens (including phenoxy) is 3. The second-order valence-corrected chi connectivity index (χ2v) is 12.7. The highest BCUT2D eigenvalue weighted by Gasteiger charge is 2.37. The molecule has 0 saturated heterocycles. The number of methoxy groups -OCH3 is 1. The predicted molar refractivity (Wildman–Crippen MR) is 186 cm³/mol. The number of esters is 1. The van der Waals surface area contributed by atoms with Crippen molar-refractivity contribution < 1.29 is 23.8 Å². The van der Waals surface area contributed by atoms with Gasteiger partial charge in [0.05, 0.1) is 13.2 Å². The van der Waals surface area contributed by atoms with E-state index in [2.05, 4.69) is 102 Å². The number of rotatable bonds is 19. The van der Waals surface area contributed by atoms with E-state index in [0.29, 0.717) is 13.0 Å². The van der Waals surface area contributed by atoms with Crippen LogP contribution in [0.4, 0.5) is 4.79 Å². The maximum Gasteiger partial charge on any atom is 0.408 e. The quantitative estimate of drug-likeness (QED) is 0.0620. The molecule has 3 rings (SSSR count). The molecular formula is C40H53NO5. The fourth-order valence-corrected chi connectivity index (χ4v) is 5.55. The Balaban J connectivity index is 1.41. The highest BCUT2D eigenvalue weighted by atomic mass is 16.6. The van der Waals surface area contributed by atoms with Crippen LogP contribution >= 0.6 is 0 Å². The van der Waals surface area contributed by atoms with Crippen LogP contribution < -0.4 is 5.32 Å². The first-order valence-electron chi connectivity index (χ1n) is 16.8. The highest BCUT2D eigenvalue weighted by Crippen LogP contribution is 2.40. The molecule has 0 heterocycles. The first-order valence-corrected chi connectivity index (χ1v) is 16.8. The topological polar surface area (TPSA) is 73.9 Å². The van der Waals surface area contributed by atoms with Gasteiger partial charge in [-0.2, -0.15) is 0 Å². The third-order valence-corrected chi connectivity index (χ3v) is 7.83. The highest BCUT2D eigenvalue weighted by molar-refractivity contribution is 5.70. The molecule has 0 aliphatic heterocycles. The van der Waals surface area contributed by atoms with Gasteiger partial charge >= 0.3 is 12.1 Å². The molecule has 6 nitrogen and oxygen atoms in total. The summed E-state index contributed by atoms with van der Waals surface area (Å²) in [5.74, 6) is -0.293. The lowest BCUT2D eigenvalue weighted by Gasteiger charge is -2.36. The van der Waals surface area contributed by atoms with Gasteiger partial charge in [-0.15, -0.1) is 0 Å². The Hall–Kier alpha value is -3.90. The number of hydrogen-bond acceptors (Lipinski definition) is 5. The van der Waals surface area contributed by atoms with Gasteiger partial charge in [-0.1, -0.05) is 135 Å². The van der Waals surface area contributed by atoms with Crippen molar-refractivity contribution >= 4 is 12.1 Å². The van der Waals surface area contributed by atoms with Crippen molar-refractivity contribution in [2.75, 3.05) is 13.7 Å². The third-order valence-electron chi connectivity index (χ3n) is 7.83. The zero-order chi connectivity index (χ0) is 33.1. The Bertz CT molecular complexity index is 1210. The standard InChI is InChI=1S/C40H53NO5/c1-39(2,3)46-38(43)41-36(30-31-37(42)44-4)29-21-10-8-6-5-7-9-11-22-32-45-40(33-23-15-12-16-24-33,34-25-17-13-18-26-34)35-27-19-14-20-28-35/h12-21,23-29,36H,5-11,22,30-32H2,1-4H3,(H,41,43)/b29-21-. The molecule has 1 atom stereocenters. The average Bonchev–Trinajstić information content (AvgIpc) is 3.06. The van der Waals surface area contributed by atoms with Gasteiger partial charge in [0.15, 0.2) is 0 Å². The van der Waals surface area contributed by atoms with E-state index in [1.807, 2.05) is 26.8 Å². The molecule has 3 aromatic carbocycles. The fraction of sp³-hybridized carbons (Fsp3) is 0.450. The van der Waals surface area contributed by atoms with Crippen molar-refractivity contribution in [3.05, 3.63) is 120 Å². The predicted octanol–water partition coefficient (Wildman–Crippen LogP) is 9.52. The van der Waals surface area contributed by atoms with Crippen molar-refractivity contribution in [3.63, 3.8) is 0 Å². The average molecular weight is 628 g/mol. The molecule has 0 aromatic heterocycles. The molecule has 0 bridgehead atoms. The van der Waals surface area contributed by atoms with E-state index in [9.17, 15) is 9.59 Å². The molecule has 1 amide bonds. The summed E-state index contributed by atoms with van der Waals surface area (Å²) in [5.41, 5.74) is 2.17. The van der Waals surface area contributed by atoms with Crippen molar-refractivity contribution in [2.45, 2.75) is 102 Å². The second kappa shape index (κ2) is 19.6. The van der Waals surface area contributed by atoms with Crippen molar-refractivity contribution in [3.8, 4) is 0 Å². The molecule has 3 aromatic rings. The summed E-state index contributed by atoms with van der Waals surface area (Å²) in [5, 5.41) is 2.86. The van der Waals surface area contributed by atoms with Crippen molar-refractivity contribution in [1.82, 2.24) is 5.32 Å². The number of hydrogen-bond donors (Lipinski definition) is 1. The number of alkyl carbamates (subject to hydrolysis) is 1. The van der Waals surface area contributed by atoms with Gasteiger partial charge in [0.2, 0.25) is 0 Å². The van der Waals surface area contributed by atoms with Crippen LogP contribution in [-0.2, 0) is 24.6 Å². The lowest BCUT2D eigenvalue weighted by atomic mass is 9.80. The van der Waals surface area contributed by atoms with Crippen LogP contribution in [0.25, 0.3) is 0 Å². The SMILES string of the molecule is COC(=O)CCC(/C=C\CCCCCCCCCOC(c1ccccc1)(c1ccccc1)c1ccccc1)NC(=O)OC(C)(C)C. The van der Waals surface area contributed by atoms with Crippen LogP contribution in [0.15, 0.2) is 103 Å². The maximum absolute atomic E-state index is 12.2. The molecule has 46 heavy (non-hydrogen) atoms. The van der Waals surface area contributed by atoms with E-state index in [1.165, 1.54) is 26.4 Å². The molecule has 0 aliphatic carbocycles. The first kappa shape index (κ1) is 36.6. The number of nitrogens with one attached hydrogen (secondary N) is 1. The minimum Gasteiger partial charge on any atom is -0.469 e. The van der Waals surface area contributed by atoms with Gasteiger partial charge in [-0.05, 0) is 63.1 Å². The largest absolute Gasteiger partial charge is 0.469 e. The van der Waals surface area contributed by atoms with Crippen LogP contribution in [0.5, 0.6) is 0 Å². The van der Waals surface area contributed by atoms with Gasteiger partial charge in [0.1, 0.15) is 11.2 Å². The van der Waals surface area contributed by atoms with E-state index in [4.69, 9.17) is 14.2 Å². The monoisotopic (exact) mass is 627 g/mol. The van der Waals surface area contributed by atoms with Crippen LogP contribution in [0.2, 0.25) is 0 Å². The number of carbonyl (C=O) groups excluding carboxylic acids is 2. The van der Waals surface area contributed by atoms with Crippen LogP contribution in [-0.4, -0.2) is 37.4 Å². The van der Waals surface area contributed by atoms with E-state index < -0.39 is 17.3 Å². The first-order chi connectivity index (χ1) is 22.2. The number of amides is 1. The van der Waals surface area contributed by atoms with Crippen LogP contribution in [0, 0.1) is 0 Å². The summed E-state index contributed by atoms with van der Waals surface area (Å²) < 4.78 is 17.0. The van der Waals surface area contributed by atoms with Crippen molar-refractivity contribution in [1.29, 1.82) is 0 Å². The minimum absolute atomic E-state index is 0.234. The zero-order valence-corrected chi connectivity index (χ0v) is 28.2. The molecule has 6 heteroatoms. The van der Waals surface area contributed by atoms with Gasteiger partial charge in [-0.3, -0.25) is 4.79 Å². The van der Waals surface area contributed by atoms with E-state index >= 15 is 0 Å². The Kier molecular flexibility index (Phi) is 15.6. The van der Waals surface area contributed by atoms with E-state index in [0.717, 1.165) is 48.8 Å². The van der Waals surface area contributed by atoms with E-state index in [1.54, 1.807) is 0 Å². The normalized spacial score (nSPS) is 12.5. The number of allylic oxidation sites excluding steroid dienone is 1. The van der Waals surface area contributed by atoms with Gasteiger partial charge in [0.25, 0.3) is 0 Å². The number of unbranched alkanes of at least 4 members (excludes halogenated alkanes) is 7. The van der Waals surface area contributed by atoms with Crippen molar-refractivity contribution in [2.24, 2.45) is 0 Å². The van der Waals surface area contributed by atoms with Crippen LogP contribution in [0.3, 0.4) is 0 Å².